The van der Waals surface area contributed by atoms with Crippen LogP contribution in [0.25, 0.3) is 5.82 Å². The second-order valence-corrected chi connectivity index (χ2v) is 2.66. The molecule has 0 saturated heterocycles. The highest BCUT2D eigenvalue weighted by atomic mass is 35.5. The lowest BCUT2D eigenvalue weighted by Gasteiger charge is -1.94. The molecule has 0 spiro atoms. The SMILES string of the molecule is Cn1ccc(-n2cnnc2Cl)n1. The van der Waals surface area contributed by atoms with E-state index in [4.69, 9.17) is 11.6 Å². The van der Waals surface area contributed by atoms with Crippen LogP contribution in [0.1, 0.15) is 0 Å². The van der Waals surface area contributed by atoms with Gasteiger partial charge in [-0.15, -0.1) is 10.2 Å². The first-order chi connectivity index (χ1) is 5.77. The van der Waals surface area contributed by atoms with Gasteiger partial charge in [0.05, 0.1) is 0 Å². The van der Waals surface area contributed by atoms with Crippen LogP contribution in [0.3, 0.4) is 0 Å². The summed E-state index contributed by atoms with van der Waals surface area (Å²) in [6.45, 7) is 0. The van der Waals surface area contributed by atoms with Gasteiger partial charge in [0.1, 0.15) is 6.33 Å². The summed E-state index contributed by atoms with van der Waals surface area (Å²) < 4.78 is 3.28. The van der Waals surface area contributed by atoms with Gasteiger partial charge < -0.3 is 0 Å². The molecule has 0 amide bonds. The largest absolute Gasteiger partial charge is 0.274 e. The molecule has 0 fully saturated rings. The van der Waals surface area contributed by atoms with E-state index >= 15 is 0 Å². The van der Waals surface area contributed by atoms with Crippen molar-refractivity contribution in [2.45, 2.75) is 0 Å². The van der Waals surface area contributed by atoms with Crippen molar-refractivity contribution < 1.29 is 0 Å². The maximum atomic E-state index is 5.72. The number of aryl methyl sites for hydroxylation is 1. The molecule has 0 aliphatic rings. The van der Waals surface area contributed by atoms with E-state index in [1.165, 1.54) is 6.33 Å². The summed E-state index contributed by atoms with van der Waals surface area (Å²) in [6.07, 6.45) is 3.34. The lowest BCUT2D eigenvalue weighted by molar-refractivity contribution is 0.751. The fourth-order valence-electron chi connectivity index (χ4n) is 0.906. The molecule has 0 saturated carbocycles. The molecule has 0 atom stereocenters. The van der Waals surface area contributed by atoms with E-state index in [9.17, 15) is 0 Å². The summed E-state index contributed by atoms with van der Waals surface area (Å²) in [5.41, 5.74) is 0. The lowest BCUT2D eigenvalue weighted by atomic mass is 10.6. The summed E-state index contributed by atoms with van der Waals surface area (Å²) in [7, 11) is 1.84. The second kappa shape index (κ2) is 2.60. The molecule has 0 N–H and O–H groups in total. The van der Waals surface area contributed by atoms with Crippen LogP contribution in [0.5, 0.6) is 0 Å². The highest BCUT2D eigenvalue weighted by molar-refractivity contribution is 6.28. The fourth-order valence-corrected chi connectivity index (χ4v) is 1.08. The van der Waals surface area contributed by atoms with Crippen LogP contribution < -0.4 is 0 Å². The Morgan fingerprint density at radius 1 is 1.50 bits per heavy atom. The van der Waals surface area contributed by atoms with Gasteiger partial charge in [-0.3, -0.25) is 9.25 Å². The highest BCUT2D eigenvalue weighted by Crippen LogP contribution is 2.09. The van der Waals surface area contributed by atoms with Crippen molar-refractivity contribution in [3.63, 3.8) is 0 Å². The zero-order chi connectivity index (χ0) is 8.55. The van der Waals surface area contributed by atoms with Crippen molar-refractivity contribution in [3.05, 3.63) is 23.9 Å². The van der Waals surface area contributed by atoms with Crippen molar-refractivity contribution in [3.8, 4) is 5.82 Å². The van der Waals surface area contributed by atoms with Gasteiger partial charge in [0.25, 0.3) is 0 Å². The lowest BCUT2D eigenvalue weighted by Crippen LogP contribution is -1.95. The number of rotatable bonds is 1. The van der Waals surface area contributed by atoms with Gasteiger partial charge in [-0.2, -0.15) is 5.10 Å². The first-order valence-corrected chi connectivity index (χ1v) is 3.71. The predicted molar refractivity (Wildman–Crippen MR) is 43.1 cm³/mol. The Morgan fingerprint density at radius 3 is 2.83 bits per heavy atom. The molecule has 2 rings (SSSR count). The van der Waals surface area contributed by atoms with Gasteiger partial charge in [0.2, 0.25) is 5.28 Å². The molecular formula is C6H6ClN5. The van der Waals surface area contributed by atoms with Gasteiger partial charge in [0.15, 0.2) is 5.82 Å². The normalized spacial score (nSPS) is 10.5. The van der Waals surface area contributed by atoms with E-state index in [0.29, 0.717) is 11.1 Å². The Hall–Kier alpha value is -1.36. The van der Waals surface area contributed by atoms with Gasteiger partial charge in [-0.25, -0.2) is 0 Å². The number of nitrogens with zero attached hydrogens (tertiary/aromatic N) is 5. The second-order valence-electron chi connectivity index (χ2n) is 2.32. The molecule has 2 aromatic rings. The Morgan fingerprint density at radius 2 is 2.33 bits per heavy atom. The predicted octanol–water partition coefficient (Wildman–Crippen LogP) is 0.654. The van der Waals surface area contributed by atoms with E-state index in [0.717, 1.165) is 0 Å². The maximum Gasteiger partial charge on any atom is 0.230 e. The van der Waals surface area contributed by atoms with Crippen LogP contribution in [-0.4, -0.2) is 24.5 Å². The molecule has 0 radical (unpaired) electrons. The first-order valence-electron chi connectivity index (χ1n) is 3.33. The van der Waals surface area contributed by atoms with Gasteiger partial charge in [-0.05, 0) is 11.6 Å². The van der Waals surface area contributed by atoms with Crippen molar-refractivity contribution in [1.29, 1.82) is 0 Å². The van der Waals surface area contributed by atoms with Crippen LogP contribution in [0.15, 0.2) is 18.6 Å². The number of halogens is 1. The standard InChI is InChI=1S/C6H6ClN5/c1-11-3-2-5(10-11)12-4-8-9-6(12)7/h2-4H,1H3. The summed E-state index contributed by atoms with van der Waals surface area (Å²) in [5.74, 6) is 0.715. The molecule has 0 aliphatic heterocycles. The van der Waals surface area contributed by atoms with Crippen LogP contribution >= 0.6 is 11.6 Å². The van der Waals surface area contributed by atoms with E-state index in [2.05, 4.69) is 15.3 Å². The average Bonchev–Trinajstić information content (AvgIpc) is 2.58. The van der Waals surface area contributed by atoms with Crippen LogP contribution in [0.2, 0.25) is 5.28 Å². The third-order valence-electron chi connectivity index (χ3n) is 1.45. The number of hydrogen-bond donors (Lipinski definition) is 0. The van der Waals surface area contributed by atoms with Gasteiger partial charge >= 0.3 is 0 Å². The zero-order valence-electron chi connectivity index (χ0n) is 6.35. The molecule has 5 nitrogen and oxygen atoms in total. The molecule has 12 heavy (non-hydrogen) atoms. The van der Waals surface area contributed by atoms with Crippen LogP contribution in [0, 0.1) is 0 Å². The highest BCUT2D eigenvalue weighted by Gasteiger charge is 2.04. The molecule has 0 bridgehead atoms. The Kier molecular flexibility index (Phi) is 1.58. The monoisotopic (exact) mass is 183 g/mol. The Balaban J connectivity index is 2.50. The minimum atomic E-state index is 0.314. The van der Waals surface area contributed by atoms with Crippen LogP contribution in [0.4, 0.5) is 0 Å². The molecule has 0 aromatic carbocycles. The average molecular weight is 184 g/mol. The Bertz CT molecular complexity index is 390. The molecule has 0 aliphatic carbocycles. The molecule has 6 heteroatoms. The van der Waals surface area contributed by atoms with E-state index in [-0.39, 0.29) is 0 Å². The minimum absolute atomic E-state index is 0.314. The quantitative estimate of drug-likeness (QED) is 0.653. The number of hydrogen-bond acceptors (Lipinski definition) is 3. The third kappa shape index (κ3) is 1.08. The van der Waals surface area contributed by atoms with Crippen molar-refractivity contribution in [2.24, 2.45) is 7.05 Å². The fraction of sp³-hybridized carbons (Fsp3) is 0.167. The van der Waals surface area contributed by atoms with Gasteiger partial charge in [-0.1, -0.05) is 0 Å². The molecule has 2 aromatic heterocycles. The molecule has 2 heterocycles. The van der Waals surface area contributed by atoms with E-state index in [1.807, 2.05) is 19.3 Å². The first kappa shape index (κ1) is 7.30. The smallest absolute Gasteiger partial charge is 0.230 e. The Labute approximate surface area is 73.6 Å². The van der Waals surface area contributed by atoms with Crippen molar-refractivity contribution in [1.82, 2.24) is 24.5 Å². The summed E-state index contributed by atoms with van der Waals surface area (Å²) in [5, 5.41) is 11.7. The summed E-state index contributed by atoms with van der Waals surface area (Å²) in [4.78, 5) is 0. The minimum Gasteiger partial charge on any atom is -0.274 e. The topological polar surface area (TPSA) is 48.5 Å². The van der Waals surface area contributed by atoms with Crippen LogP contribution in [-0.2, 0) is 7.05 Å². The van der Waals surface area contributed by atoms with E-state index in [1.54, 1.807) is 9.25 Å². The van der Waals surface area contributed by atoms with Crippen molar-refractivity contribution >= 4 is 11.6 Å². The summed E-state index contributed by atoms with van der Waals surface area (Å²) >= 11 is 5.72. The van der Waals surface area contributed by atoms with Gasteiger partial charge in [0, 0.05) is 19.3 Å². The summed E-state index contributed by atoms with van der Waals surface area (Å²) in [6, 6.07) is 1.83. The van der Waals surface area contributed by atoms with Crippen molar-refractivity contribution in [2.75, 3.05) is 0 Å². The maximum absolute atomic E-state index is 5.72. The third-order valence-corrected chi connectivity index (χ3v) is 1.71. The number of aromatic nitrogens is 5. The zero-order valence-corrected chi connectivity index (χ0v) is 7.10. The van der Waals surface area contributed by atoms with E-state index < -0.39 is 0 Å². The molecular weight excluding hydrogens is 178 g/mol. The molecule has 62 valence electrons. The molecule has 0 unspecified atom stereocenters.